The summed E-state index contributed by atoms with van der Waals surface area (Å²) in [5.74, 6) is -1.06. The highest BCUT2D eigenvalue weighted by atomic mass is 19.1. The normalized spacial score (nSPS) is 20.0. The van der Waals surface area contributed by atoms with E-state index in [9.17, 15) is 24.0 Å². The van der Waals surface area contributed by atoms with Crippen molar-refractivity contribution in [3.05, 3.63) is 24.0 Å². The number of rotatable bonds is 4. The lowest BCUT2D eigenvalue weighted by Crippen LogP contribution is -2.47. The first-order chi connectivity index (χ1) is 11.3. The van der Waals surface area contributed by atoms with E-state index in [1.807, 2.05) is 0 Å². The van der Waals surface area contributed by atoms with Gasteiger partial charge in [-0.05, 0) is 18.2 Å². The number of anilines is 2. The number of hydrogen-bond donors (Lipinski definition) is 1. The Morgan fingerprint density at radius 3 is 2.71 bits per heavy atom. The second kappa shape index (κ2) is 6.08. The molecule has 9 heteroatoms. The van der Waals surface area contributed by atoms with Crippen LogP contribution in [0.3, 0.4) is 0 Å². The van der Waals surface area contributed by atoms with Gasteiger partial charge in [0.1, 0.15) is 11.9 Å². The molecule has 8 nitrogen and oxygen atoms in total. The first-order valence-electron chi connectivity index (χ1n) is 7.36. The van der Waals surface area contributed by atoms with E-state index in [2.05, 4.69) is 0 Å². The number of amides is 2. The van der Waals surface area contributed by atoms with E-state index in [0.29, 0.717) is 16.4 Å². The van der Waals surface area contributed by atoms with Crippen molar-refractivity contribution in [2.45, 2.75) is 13.0 Å². The van der Waals surface area contributed by atoms with Gasteiger partial charge in [0.25, 0.3) is 0 Å². The van der Waals surface area contributed by atoms with Crippen molar-refractivity contribution in [3.8, 4) is 0 Å². The molecule has 0 spiro atoms. The third kappa shape index (κ3) is 3.02. The van der Waals surface area contributed by atoms with Crippen LogP contribution in [0.1, 0.15) is 6.92 Å². The zero-order valence-corrected chi connectivity index (χ0v) is 12.9. The minimum atomic E-state index is -0.706. The van der Waals surface area contributed by atoms with Crippen LogP contribution in [0.25, 0.3) is 0 Å². The predicted octanol–water partition coefficient (Wildman–Crippen LogP) is 0.778. The highest BCUT2D eigenvalue weighted by Gasteiger charge is 2.34. The molecule has 1 aromatic carbocycles. The monoisotopic (exact) mass is 337 g/mol. The number of halogens is 1. The second-order valence-electron chi connectivity index (χ2n) is 5.75. The SMILES string of the molecule is CC(=O)N(O)CC1CN(c2ccc(N3CC(=O)C3)c(F)c2)C(=O)O1. The fourth-order valence-corrected chi connectivity index (χ4v) is 2.62. The number of nitrogens with zero attached hydrogens (tertiary/aromatic N) is 3. The largest absolute Gasteiger partial charge is 0.442 e. The molecule has 2 amide bonds. The van der Waals surface area contributed by atoms with Crippen molar-refractivity contribution in [1.82, 2.24) is 5.06 Å². The first-order valence-corrected chi connectivity index (χ1v) is 7.36. The Bertz CT molecular complexity index is 702. The van der Waals surface area contributed by atoms with Gasteiger partial charge in [-0.1, -0.05) is 0 Å². The molecule has 128 valence electrons. The Morgan fingerprint density at radius 1 is 1.42 bits per heavy atom. The van der Waals surface area contributed by atoms with Crippen LogP contribution >= 0.6 is 0 Å². The molecule has 1 N–H and O–H groups in total. The fraction of sp³-hybridized carbons (Fsp3) is 0.400. The summed E-state index contributed by atoms with van der Waals surface area (Å²) in [5, 5.41) is 9.87. The lowest BCUT2D eigenvalue weighted by atomic mass is 10.1. The van der Waals surface area contributed by atoms with E-state index in [-0.39, 0.29) is 32.0 Å². The van der Waals surface area contributed by atoms with Gasteiger partial charge < -0.3 is 9.64 Å². The van der Waals surface area contributed by atoms with Gasteiger partial charge >= 0.3 is 6.09 Å². The molecule has 0 aromatic heterocycles. The molecular weight excluding hydrogens is 321 g/mol. The third-order valence-corrected chi connectivity index (χ3v) is 3.93. The maximum atomic E-state index is 14.2. The van der Waals surface area contributed by atoms with Crippen molar-refractivity contribution >= 4 is 29.2 Å². The Balaban J connectivity index is 1.70. The van der Waals surface area contributed by atoms with Crippen LogP contribution in [-0.4, -0.2) is 60.3 Å². The Morgan fingerprint density at radius 2 is 2.12 bits per heavy atom. The number of benzene rings is 1. The number of hydrogen-bond acceptors (Lipinski definition) is 6. The van der Waals surface area contributed by atoms with Gasteiger partial charge in [-0.3, -0.25) is 19.7 Å². The molecule has 1 unspecified atom stereocenters. The standard InChI is InChI=1S/C15H16FN3O5/c1-9(20)19(23)8-12-7-18(15(22)24-12)10-2-3-14(13(16)4-10)17-5-11(21)6-17/h2-4,12,23H,5-8H2,1H3. The quantitative estimate of drug-likeness (QED) is 0.645. The summed E-state index contributed by atoms with van der Waals surface area (Å²) in [4.78, 5) is 36.8. The lowest BCUT2D eigenvalue weighted by molar-refractivity contribution is -0.166. The highest BCUT2D eigenvalue weighted by molar-refractivity contribution is 5.96. The Hall–Kier alpha value is -2.68. The highest BCUT2D eigenvalue weighted by Crippen LogP contribution is 2.29. The van der Waals surface area contributed by atoms with Crippen molar-refractivity contribution in [2.75, 3.05) is 36.0 Å². The molecule has 24 heavy (non-hydrogen) atoms. The lowest BCUT2D eigenvalue weighted by Gasteiger charge is -2.32. The van der Waals surface area contributed by atoms with Crippen LogP contribution in [0.5, 0.6) is 0 Å². The van der Waals surface area contributed by atoms with Gasteiger partial charge in [-0.15, -0.1) is 0 Å². The summed E-state index contributed by atoms with van der Waals surface area (Å²) in [6.07, 6.45) is -1.38. The molecule has 2 aliphatic rings. The summed E-state index contributed by atoms with van der Waals surface area (Å²) in [5.41, 5.74) is 0.614. The Labute approximate surface area is 136 Å². The molecule has 2 aliphatic heterocycles. The summed E-state index contributed by atoms with van der Waals surface area (Å²) in [7, 11) is 0. The van der Waals surface area contributed by atoms with Crippen molar-refractivity contribution in [3.63, 3.8) is 0 Å². The molecule has 0 radical (unpaired) electrons. The van der Waals surface area contributed by atoms with E-state index in [1.54, 1.807) is 11.0 Å². The maximum Gasteiger partial charge on any atom is 0.414 e. The Kier molecular flexibility index (Phi) is 4.10. The fourth-order valence-electron chi connectivity index (χ4n) is 2.62. The first kappa shape index (κ1) is 16.2. The van der Waals surface area contributed by atoms with Crippen LogP contribution in [0, 0.1) is 5.82 Å². The summed E-state index contributed by atoms with van der Waals surface area (Å²) >= 11 is 0. The average molecular weight is 337 g/mol. The van der Waals surface area contributed by atoms with Crippen LogP contribution in [-0.2, 0) is 14.3 Å². The average Bonchev–Trinajstić information content (AvgIpc) is 2.84. The summed E-state index contributed by atoms with van der Waals surface area (Å²) in [6, 6.07) is 4.27. The zero-order chi connectivity index (χ0) is 17.4. The van der Waals surface area contributed by atoms with Crippen LogP contribution in [0.2, 0.25) is 0 Å². The molecule has 0 aliphatic carbocycles. The molecule has 2 saturated heterocycles. The summed E-state index contributed by atoms with van der Waals surface area (Å²) in [6.45, 7) is 1.48. The van der Waals surface area contributed by atoms with Crippen LogP contribution < -0.4 is 9.80 Å². The van der Waals surface area contributed by atoms with E-state index >= 15 is 0 Å². The number of carbonyl (C=O) groups excluding carboxylic acids is 3. The number of carbonyl (C=O) groups is 3. The zero-order valence-electron chi connectivity index (χ0n) is 12.9. The number of cyclic esters (lactones) is 1. The number of hydroxylamine groups is 2. The van der Waals surface area contributed by atoms with Crippen molar-refractivity contribution < 1.29 is 28.7 Å². The maximum absolute atomic E-state index is 14.2. The van der Waals surface area contributed by atoms with Crippen molar-refractivity contribution in [2.24, 2.45) is 0 Å². The van der Waals surface area contributed by atoms with Gasteiger partial charge in [0, 0.05) is 6.92 Å². The van der Waals surface area contributed by atoms with Crippen LogP contribution in [0.15, 0.2) is 18.2 Å². The molecule has 1 atom stereocenters. The van der Waals surface area contributed by atoms with E-state index in [4.69, 9.17) is 4.74 Å². The smallest absolute Gasteiger partial charge is 0.414 e. The molecule has 0 saturated carbocycles. The van der Waals surface area contributed by atoms with E-state index < -0.39 is 23.9 Å². The van der Waals surface area contributed by atoms with E-state index in [0.717, 1.165) is 0 Å². The summed E-state index contributed by atoms with van der Waals surface area (Å²) < 4.78 is 19.3. The minimum Gasteiger partial charge on any atom is -0.442 e. The molecule has 0 bridgehead atoms. The topological polar surface area (TPSA) is 90.4 Å². The van der Waals surface area contributed by atoms with Gasteiger partial charge in [0.2, 0.25) is 5.91 Å². The number of Topliss-reactive ketones (excluding diaryl/α,β-unsaturated/α-hetero) is 1. The number of ketones is 1. The molecule has 3 rings (SSSR count). The predicted molar refractivity (Wildman–Crippen MR) is 80.4 cm³/mol. The molecule has 2 fully saturated rings. The molecule has 1 aromatic rings. The van der Waals surface area contributed by atoms with Crippen LogP contribution in [0.4, 0.5) is 20.6 Å². The third-order valence-electron chi connectivity index (χ3n) is 3.93. The molecule has 2 heterocycles. The molecular formula is C15H16FN3O5. The van der Waals surface area contributed by atoms with Gasteiger partial charge in [0.05, 0.1) is 37.6 Å². The van der Waals surface area contributed by atoms with Gasteiger partial charge in [0.15, 0.2) is 5.78 Å². The number of ether oxygens (including phenoxy) is 1. The van der Waals surface area contributed by atoms with Gasteiger partial charge in [-0.25, -0.2) is 14.2 Å². The van der Waals surface area contributed by atoms with Crippen molar-refractivity contribution in [1.29, 1.82) is 0 Å². The van der Waals surface area contributed by atoms with E-state index in [1.165, 1.54) is 24.0 Å². The minimum absolute atomic E-state index is 0.0449. The van der Waals surface area contributed by atoms with Gasteiger partial charge in [-0.2, -0.15) is 0 Å². The second-order valence-corrected chi connectivity index (χ2v) is 5.75.